The van der Waals surface area contributed by atoms with Crippen LogP contribution in [0.25, 0.3) is 0 Å². The quantitative estimate of drug-likeness (QED) is 0.783. The van der Waals surface area contributed by atoms with Gasteiger partial charge in [-0.05, 0) is 31.2 Å². The van der Waals surface area contributed by atoms with E-state index in [1.165, 1.54) is 19.2 Å². The number of hydrogen-bond donors (Lipinski definition) is 0. The van der Waals surface area contributed by atoms with Gasteiger partial charge in [0, 0.05) is 6.07 Å². The van der Waals surface area contributed by atoms with E-state index in [-0.39, 0.29) is 5.56 Å². The van der Waals surface area contributed by atoms with Crippen molar-refractivity contribution in [2.45, 2.75) is 6.92 Å². The van der Waals surface area contributed by atoms with Gasteiger partial charge in [0.15, 0.2) is 5.78 Å². The predicted octanol–water partition coefficient (Wildman–Crippen LogP) is 3.46. The monoisotopic (exact) mass is 274 g/mol. The van der Waals surface area contributed by atoms with Gasteiger partial charge >= 0.3 is 0 Å². The fourth-order valence-corrected chi connectivity index (χ4v) is 1.89. The molecule has 104 valence electrons. The molecule has 0 saturated heterocycles. The maximum atomic E-state index is 13.9. The lowest BCUT2D eigenvalue weighted by atomic mass is 10.0. The van der Waals surface area contributed by atoms with Crippen molar-refractivity contribution < 1.29 is 18.7 Å². The number of hydrogen-bond acceptors (Lipinski definition) is 3. The van der Waals surface area contributed by atoms with E-state index in [4.69, 9.17) is 9.47 Å². The molecule has 0 atom stereocenters. The Bertz CT molecular complexity index is 623. The Hall–Kier alpha value is -2.36. The van der Waals surface area contributed by atoms with Crippen LogP contribution in [0.5, 0.6) is 11.5 Å². The number of ether oxygens (including phenoxy) is 2. The van der Waals surface area contributed by atoms with Gasteiger partial charge in [0.05, 0.1) is 24.8 Å². The summed E-state index contributed by atoms with van der Waals surface area (Å²) in [5.41, 5.74) is 0.344. The van der Waals surface area contributed by atoms with Crippen LogP contribution in [0.1, 0.15) is 22.8 Å². The van der Waals surface area contributed by atoms with Crippen LogP contribution >= 0.6 is 0 Å². The third kappa shape index (κ3) is 2.79. The van der Waals surface area contributed by atoms with E-state index in [9.17, 15) is 9.18 Å². The highest BCUT2D eigenvalue weighted by molar-refractivity contribution is 6.10. The smallest absolute Gasteiger partial charge is 0.199 e. The minimum absolute atomic E-state index is 0.00190. The molecule has 20 heavy (non-hydrogen) atoms. The Morgan fingerprint density at radius 3 is 2.55 bits per heavy atom. The van der Waals surface area contributed by atoms with Crippen molar-refractivity contribution in [1.29, 1.82) is 0 Å². The Labute approximate surface area is 117 Å². The van der Waals surface area contributed by atoms with Crippen LogP contribution < -0.4 is 9.47 Å². The first-order valence-electron chi connectivity index (χ1n) is 6.27. The Morgan fingerprint density at radius 2 is 1.90 bits per heavy atom. The van der Waals surface area contributed by atoms with Gasteiger partial charge in [-0.2, -0.15) is 0 Å². The van der Waals surface area contributed by atoms with E-state index in [1.807, 2.05) is 6.92 Å². The number of carbonyl (C=O) groups excluding carboxylic acids is 1. The molecule has 0 spiro atoms. The molecule has 0 saturated carbocycles. The zero-order valence-corrected chi connectivity index (χ0v) is 11.4. The average Bonchev–Trinajstić information content (AvgIpc) is 2.47. The fourth-order valence-electron chi connectivity index (χ4n) is 1.89. The first kappa shape index (κ1) is 14.1. The molecule has 0 N–H and O–H groups in total. The minimum Gasteiger partial charge on any atom is -0.497 e. The Morgan fingerprint density at radius 1 is 1.15 bits per heavy atom. The summed E-state index contributed by atoms with van der Waals surface area (Å²) in [5, 5.41) is 0. The second-order valence-corrected chi connectivity index (χ2v) is 4.10. The maximum Gasteiger partial charge on any atom is 0.199 e. The molecule has 0 fully saturated rings. The molecule has 0 bridgehead atoms. The molecule has 0 aromatic heterocycles. The Balaban J connectivity index is 2.41. The summed E-state index contributed by atoms with van der Waals surface area (Å²) >= 11 is 0. The predicted molar refractivity (Wildman–Crippen MR) is 74.0 cm³/mol. The molecule has 0 amide bonds. The molecule has 4 heteroatoms. The Kier molecular flexibility index (Phi) is 4.35. The molecular weight excluding hydrogens is 259 g/mol. The summed E-state index contributed by atoms with van der Waals surface area (Å²) in [6.45, 7) is 2.27. The molecule has 0 aliphatic heterocycles. The number of rotatable bonds is 5. The number of ketones is 1. The van der Waals surface area contributed by atoms with Gasteiger partial charge in [-0.3, -0.25) is 4.79 Å². The number of methoxy groups -OCH3 is 1. The molecule has 0 unspecified atom stereocenters. The zero-order valence-electron chi connectivity index (χ0n) is 11.4. The third-order valence-electron chi connectivity index (χ3n) is 2.85. The molecule has 2 rings (SSSR count). The summed E-state index contributed by atoms with van der Waals surface area (Å²) < 4.78 is 24.3. The van der Waals surface area contributed by atoms with Crippen molar-refractivity contribution in [3.63, 3.8) is 0 Å². The van der Waals surface area contributed by atoms with Crippen molar-refractivity contribution >= 4 is 5.78 Å². The standard InChI is InChI=1S/C16H15FO3/c1-3-20-15-7-5-4-6-13(15)16(18)12-9-8-11(19-2)10-14(12)17/h4-10H,3H2,1-2H3. The van der Waals surface area contributed by atoms with Gasteiger partial charge < -0.3 is 9.47 Å². The van der Waals surface area contributed by atoms with Gasteiger partial charge in [0.1, 0.15) is 17.3 Å². The van der Waals surface area contributed by atoms with Gasteiger partial charge in [-0.15, -0.1) is 0 Å². The molecule has 2 aromatic carbocycles. The second-order valence-electron chi connectivity index (χ2n) is 4.10. The molecular formula is C16H15FO3. The SMILES string of the molecule is CCOc1ccccc1C(=O)c1ccc(OC)cc1F. The van der Waals surface area contributed by atoms with E-state index in [1.54, 1.807) is 30.3 Å². The van der Waals surface area contributed by atoms with Crippen LogP contribution in [0.2, 0.25) is 0 Å². The molecule has 0 radical (unpaired) electrons. The highest BCUT2D eigenvalue weighted by atomic mass is 19.1. The van der Waals surface area contributed by atoms with Crippen LogP contribution in [-0.2, 0) is 0 Å². The number of benzene rings is 2. The van der Waals surface area contributed by atoms with Gasteiger partial charge in [-0.1, -0.05) is 12.1 Å². The molecule has 2 aromatic rings. The van der Waals surface area contributed by atoms with E-state index in [0.717, 1.165) is 0 Å². The number of halogens is 1. The van der Waals surface area contributed by atoms with Crippen LogP contribution in [-0.4, -0.2) is 19.5 Å². The first-order chi connectivity index (χ1) is 9.67. The van der Waals surface area contributed by atoms with Crippen molar-refractivity contribution in [2.24, 2.45) is 0 Å². The van der Waals surface area contributed by atoms with E-state index in [0.29, 0.717) is 23.7 Å². The van der Waals surface area contributed by atoms with E-state index >= 15 is 0 Å². The van der Waals surface area contributed by atoms with E-state index < -0.39 is 11.6 Å². The lowest BCUT2D eigenvalue weighted by molar-refractivity contribution is 0.103. The van der Waals surface area contributed by atoms with Crippen LogP contribution in [0.3, 0.4) is 0 Å². The van der Waals surface area contributed by atoms with Crippen LogP contribution in [0.15, 0.2) is 42.5 Å². The van der Waals surface area contributed by atoms with Crippen molar-refractivity contribution in [3.05, 3.63) is 59.4 Å². The second kappa shape index (κ2) is 6.19. The molecule has 0 aliphatic carbocycles. The summed E-state index contributed by atoms with van der Waals surface area (Å²) in [6.07, 6.45) is 0. The lowest BCUT2D eigenvalue weighted by Crippen LogP contribution is -2.07. The fraction of sp³-hybridized carbons (Fsp3) is 0.188. The summed E-state index contributed by atoms with van der Waals surface area (Å²) in [6, 6.07) is 11.0. The largest absolute Gasteiger partial charge is 0.497 e. The zero-order chi connectivity index (χ0) is 14.5. The molecule has 0 heterocycles. The summed E-state index contributed by atoms with van der Waals surface area (Å²) in [7, 11) is 1.45. The summed E-state index contributed by atoms with van der Waals surface area (Å²) in [4.78, 5) is 12.4. The molecule has 3 nitrogen and oxygen atoms in total. The topological polar surface area (TPSA) is 35.5 Å². The van der Waals surface area contributed by atoms with Gasteiger partial charge in [-0.25, -0.2) is 4.39 Å². The van der Waals surface area contributed by atoms with Crippen molar-refractivity contribution in [3.8, 4) is 11.5 Å². The van der Waals surface area contributed by atoms with Gasteiger partial charge in [0.25, 0.3) is 0 Å². The van der Waals surface area contributed by atoms with Crippen LogP contribution in [0.4, 0.5) is 4.39 Å². The number of para-hydroxylation sites is 1. The summed E-state index contributed by atoms with van der Waals surface area (Å²) in [5.74, 6) is -0.192. The van der Waals surface area contributed by atoms with Crippen molar-refractivity contribution in [2.75, 3.05) is 13.7 Å². The highest BCUT2D eigenvalue weighted by Crippen LogP contribution is 2.24. The first-order valence-corrected chi connectivity index (χ1v) is 6.27. The van der Waals surface area contributed by atoms with Gasteiger partial charge in [0.2, 0.25) is 0 Å². The van der Waals surface area contributed by atoms with E-state index in [2.05, 4.69) is 0 Å². The maximum absolute atomic E-state index is 13.9. The van der Waals surface area contributed by atoms with Crippen LogP contribution in [0, 0.1) is 5.82 Å². The van der Waals surface area contributed by atoms with Crippen molar-refractivity contribution in [1.82, 2.24) is 0 Å². The number of carbonyl (C=O) groups is 1. The lowest BCUT2D eigenvalue weighted by Gasteiger charge is -2.10. The minimum atomic E-state index is -0.611. The average molecular weight is 274 g/mol. The third-order valence-corrected chi connectivity index (χ3v) is 2.85. The molecule has 0 aliphatic rings. The normalized spacial score (nSPS) is 10.2. The highest BCUT2D eigenvalue weighted by Gasteiger charge is 2.18.